The van der Waals surface area contributed by atoms with Gasteiger partial charge >= 0.3 is 5.97 Å². The highest BCUT2D eigenvalue weighted by Gasteiger charge is 2.44. The van der Waals surface area contributed by atoms with Crippen molar-refractivity contribution < 1.29 is 14.7 Å². The lowest BCUT2D eigenvalue weighted by Gasteiger charge is -2.44. The predicted molar refractivity (Wildman–Crippen MR) is 71.5 cm³/mol. The molecule has 1 aliphatic carbocycles. The zero-order valence-electron chi connectivity index (χ0n) is 11.4. The molecule has 0 atom stereocenters. The summed E-state index contributed by atoms with van der Waals surface area (Å²) in [6.45, 7) is 1.60. The van der Waals surface area contributed by atoms with Crippen molar-refractivity contribution in [3.8, 4) is 0 Å². The number of carboxylic acids is 1. The van der Waals surface area contributed by atoms with Crippen molar-refractivity contribution in [3.63, 3.8) is 0 Å². The molecule has 2 fully saturated rings. The van der Waals surface area contributed by atoms with E-state index in [2.05, 4.69) is 0 Å². The van der Waals surface area contributed by atoms with Crippen LogP contribution < -0.4 is 5.73 Å². The number of amides is 1. The van der Waals surface area contributed by atoms with Crippen LogP contribution in [0, 0.1) is 11.3 Å². The third kappa shape index (κ3) is 3.08. The quantitative estimate of drug-likeness (QED) is 0.751. The van der Waals surface area contributed by atoms with Gasteiger partial charge in [-0.2, -0.15) is 0 Å². The molecule has 1 heterocycles. The molecule has 2 aliphatic rings. The summed E-state index contributed by atoms with van der Waals surface area (Å²) >= 11 is 0. The van der Waals surface area contributed by atoms with Crippen LogP contribution in [0.1, 0.15) is 44.9 Å². The maximum Gasteiger partial charge on any atom is 0.303 e. The Balaban J connectivity index is 1.93. The number of rotatable bonds is 4. The largest absolute Gasteiger partial charge is 0.481 e. The van der Waals surface area contributed by atoms with Gasteiger partial charge in [0.25, 0.3) is 0 Å². The Morgan fingerprint density at radius 3 is 2.21 bits per heavy atom. The lowest BCUT2D eigenvalue weighted by atomic mass is 9.77. The van der Waals surface area contributed by atoms with E-state index in [1.165, 1.54) is 12.8 Å². The van der Waals surface area contributed by atoms with Crippen molar-refractivity contribution in [3.05, 3.63) is 0 Å². The summed E-state index contributed by atoms with van der Waals surface area (Å²) in [4.78, 5) is 25.0. The Morgan fingerprint density at radius 1 is 1.16 bits per heavy atom. The van der Waals surface area contributed by atoms with Gasteiger partial charge < -0.3 is 15.7 Å². The van der Waals surface area contributed by atoms with E-state index < -0.39 is 5.97 Å². The first-order valence-electron chi connectivity index (χ1n) is 7.29. The summed E-state index contributed by atoms with van der Waals surface area (Å²) in [6.07, 6.45) is 6.49. The van der Waals surface area contributed by atoms with Gasteiger partial charge in [-0.25, -0.2) is 0 Å². The molecule has 0 spiro atoms. The highest BCUT2D eigenvalue weighted by molar-refractivity contribution is 5.84. The van der Waals surface area contributed by atoms with E-state index in [4.69, 9.17) is 10.8 Å². The molecule has 108 valence electrons. The van der Waals surface area contributed by atoms with E-state index in [9.17, 15) is 9.59 Å². The first-order chi connectivity index (χ1) is 9.07. The van der Waals surface area contributed by atoms with E-state index in [1.54, 1.807) is 0 Å². The molecule has 1 saturated carbocycles. The zero-order valence-corrected chi connectivity index (χ0v) is 11.4. The van der Waals surface area contributed by atoms with Crippen LogP contribution in [0.5, 0.6) is 0 Å². The number of carboxylic acid groups (broad SMARTS) is 1. The fourth-order valence-electron chi connectivity index (χ4n) is 3.36. The standard InChI is InChI=1S/C14H24N2O3/c15-10-14(5-3-1-2-4-6-14)13(19)16-8-11(9-16)7-12(17)18/h11H,1-10,15H2,(H,17,18). The van der Waals surface area contributed by atoms with E-state index in [0.29, 0.717) is 19.6 Å². The number of aliphatic carboxylic acids is 1. The molecule has 1 aliphatic heterocycles. The van der Waals surface area contributed by atoms with Gasteiger partial charge in [-0.15, -0.1) is 0 Å². The lowest BCUT2D eigenvalue weighted by molar-refractivity contribution is -0.152. The molecule has 0 aromatic rings. The average Bonchev–Trinajstić information content (AvgIpc) is 2.58. The van der Waals surface area contributed by atoms with Crippen molar-refractivity contribution in [2.24, 2.45) is 17.1 Å². The average molecular weight is 268 g/mol. The third-order valence-electron chi connectivity index (χ3n) is 4.61. The molecule has 0 aromatic carbocycles. The number of hydrogen-bond donors (Lipinski definition) is 2. The minimum atomic E-state index is -0.778. The summed E-state index contributed by atoms with van der Waals surface area (Å²) in [5.41, 5.74) is 5.53. The molecule has 5 heteroatoms. The SMILES string of the molecule is NCC1(C(=O)N2CC(CC(=O)O)C2)CCCCCC1. The van der Waals surface area contributed by atoms with Gasteiger partial charge in [0.2, 0.25) is 5.91 Å². The van der Waals surface area contributed by atoms with Crippen LogP contribution in [0.25, 0.3) is 0 Å². The van der Waals surface area contributed by atoms with Gasteiger partial charge in [-0.1, -0.05) is 25.7 Å². The predicted octanol–water partition coefficient (Wildman–Crippen LogP) is 1.22. The van der Waals surface area contributed by atoms with Gasteiger partial charge in [-0.05, 0) is 12.8 Å². The van der Waals surface area contributed by atoms with Crippen LogP contribution in [0.2, 0.25) is 0 Å². The molecular weight excluding hydrogens is 244 g/mol. The summed E-state index contributed by atoms with van der Waals surface area (Å²) < 4.78 is 0. The van der Waals surface area contributed by atoms with Crippen molar-refractivity contribution in [2.45, 2.75) is 44.9 Å². The molecule has 1 amide bonds. The van der Waals surface area contributed by atoms with Crippen LogP contribution in [-0.4, -0.2) is 41.5 Å². The minimum absolute atomic E-state index is 0.127. The summed E-state index contributed by atoms with van der Waals surface area (Å²) in [5, 5.41) is 8.73. The summed E-state index contributed by atoms with van der Waals surface area (Å²) in [5.74, 6) is -0.485. The highest BCUT2D eigenvalue weighted by atomic mass is 16.4. The second-order valence-electron chi connectivity index (χ2n) is 6.07. The second-order valence-corrected chi connectivity index (χ2v) is 6.07. The van der Waals surface area contributed by atoms with Gasteiger partial charge in [0.1, 0.15) is 0 Å². The highest BCUT2D eigenvalue weighted by Crippen LogP contribution is 2.37. The smallest absolute Gasteiger partial charge is 0.303 e. The van der Waals surface area contributed by atoms with E-state index in [0.717, 1.165) is 25.7 Å². The Kier molecular flexibility index (Phi) is 4.45. The van der Waals surface area contributed by atoms with Gasteiger partial charge in [0, 0.05) is 25.6 Å². The van der Waals surface area contributed by atoms with Gasteiger partial charge in [0.15, 0.2) is 0 Å². The molecule has 0 unspecified atom stereocenters. The van der Waals surface area contributed by atoms with Crippen LogP contribution >= 0.6 is 0 Å². The topological polar surface area (TPSA) is 83.6 Å². The summed E-state index contributed by atoms with van der Waals surface area (Å²) in [7, 11) is 0. The molecule has 0 radical (unpaired) electrons. The Bertz CT molecular complexity index is 343. The molecule has 2 rings (SSSR count). The van der Waals surface area contributed by atoms with Gasteiger partial charge in [-0.3, -0.25) is 9.59 Å². The maximum atomic E-state index is 12.6. The summed E-state index contributed by atoms with van der Waals surface area (Å²) in [6, 6.07) is 0. The van der Waals surface area contributed by atoms with Crippen molar-refractivity contribution in [1.29, 1.82) is 0 Å². The van der Waals surface area contributed by atoms with Gasteiger partial charge in [0.05, 0.1) is 11.8 Å². The lowest BCUT2D eigenvalue weighted by Crippen LogP contribution is -2.57. The second kappa shape index (κ2) is 5.90. The van der Waals surface area contributed by atoms with Crippen molar-refractivity contribution >= 4 is 11.9 Å². The molecular formula is C14H24N2O3. The number of carbonyl (C=O) groups is 2. The van der Waals surface area contributed by atoms with Crippen molar-refractivity contribution in [2.75, 3.05) is 19.6 Å². The molecule has 3 N–H and O–H groups in total. The molecule has 5 nitrogen and oxygen atoms in total. The fraction of sp³-hybridized carbons (Fsp3) is 0.857. The first-order valence-corrected chi connectivity index (χ1v) is 7.29. The number of carbonyl (C=O) groups excluding carboxylic acids is 1. The maximum absolute atomic E-state index is 12.6. The van der Waals surface area contributed by atoms with E-state index >= 15 is 0 Å². The monoisotopic (exact) mass is 268 g/mol. The Hall–Kier alpha value is -1.10. The third-order valence-corrected chi connectivity index (χ3v) is 4.61. The Morgan fingerprint density at radius 2 is 1.74 bits per heavy atom. The van der Waals surface area contributed by atoms with Crippen LogP contribution in [0.4, 0.5) is 0 Å². The number of likely N-dealkylation sites (tertiary alicyclic amines) is 1. The number of nitrogens with two attached hydrogens (primary N) is 1. The Labute approximate surface area is 114 Å². The first kappa shape index (κ1) is 14.3. The van der Waals surface area contributed by atoms with Crippen LogP contribution in [-0.2, 0) is 9.59 Å². The van der Waals surface area contributed by atoms with E-state index in [1.807, 2.05) is 4.90 Å². The molecule has 19 heavy (non-hydrogen) atoms. The van der Waals surface area contributed by atoms with E-state index in [-0.39, 0.29) is 23.7 Å². The van der Waals surface area contributed by atoms with Crippen LogP contribution in [0.3, 0.4) is 0 Å². The molecule has 0 bridgehead atoms. The molecule has 1 saturated heterocycles. The molecule has 0 aromatic heterocycles. The number of hydrogen-bond acceptors (Lipinski definition) is 3. The normalized spacial score (nSPS) is 23.5. The fourth-order valence-corrected chi connectivity index (χ4v) is 3.36. The zero-order chi connectivity index (χ0) is 13.9. The van der Waals surface area contributed by atoms with Crippen LogP contribution in [0.15, 0.2) is 0 Å². The minimum Gasteiger partial charge on any atom is -0.481 e. The number of nitrogens with zero attached hydrogens (tertiary/aromatic N) is 1. The van der Waals surface area contributed by atoms with Crippen molar-refractivity contribution in [1.82, 2.24) is 4.90 Å².